The summed E-state index contributed by atoms with van der Waals surface area (Å²) in [7, 11) is 0. The number of fused-ring (bicyclic) bond motifs is 1. The number of aromatic hydroxyl groups is 1. The Hall–Kier alpha value is -1.55. The van der Waals surface area contributed by atoms with Crippen LogP contribution in [0.1, 0.15) is 30.3 Å². The minimum atomic E-state index is 0.0916. The highest BCUT2D eigenvalue weighted by Crippen LogP contribution is 2.30. The molecule has 4 heteroatoms. The van der Waals surface area contributed by atoms with Gasteiger partial charge in [-0.15, -0.1) is 0 Å². The zero-order valence-electron chi connectivity index (χ0n) is 9.16. The predicted molar refractivity (Wildman–Crippen MR) is 60.4 cm³/mol. The highest BCUT2D eigenvalue weighted by atomic mass is 16.5. The Kier molecular flexibility index (Phi) is 2.11. The Morgan fingerprint density at radius 1 is 1.50 bits per heavy atom. The van der Waals surface area contributed by atoms with Gasteiger partial charge in [0.05, 0.1) is 11.0 Å². The molecule has 2 heterocycles. The molecule has 0 bridgehead atoms. The Morgan fingerprint density at radius 2 is 2.38 bits per heavy atom. The second kappa shape index (κ2) is 3.49. The monoisotopic (exact) mass is 218 g/mol. The summed E-state index contributed by atoms with van der Waals surface area (Å²) in [6, 6.07) is 3.43. The molecule has 1 fully saturated rings. The lowest BCUT2D eigenvalue weighted by atomic mass is 10.2. The lowest BCUT2D eigenvalue weighted by molar-refractivity contribution is 0.106. The summed E-state index contributed by atoms with van der Waals surface area (Å²) < 4.78 is 5.58. The van der Waals surface area contributed by atoms with Crippen LogP contribution in [0.3, 0.4) is 0 Å². The van der Waals surface area contributed by atoms with Crippen molar-refractivity contribution in [3.05, 3.63) is 23.5 Å². The van der Waals surface area contributed by atoms with Gasteiger partial charge in [0.2, 0.25) is 0 Å². The lowest BCUT2D eigenvalue weighted by Crippen LogP contribution is -1.97. The number of hydrogen-bond donors (Lipinski definition) is 2. The first-order valence-electron chi connectivity index (χ1n) is 5.55. The van der Waals surface area contributed by atoms with Crippen LogP contribution in [0.2, 0.25) is 0 Å². The van der Waals surface area contributed by atoms with Gasteiger partial charge >= 0.3 is 0 Å². The molecule has 4 nitrogen and oxygen atoms in total. The molecule has 0 radical (unpaired) electrons. The summed E-state index contributed by atoms with van der Waals surface area (Å²) in [4.78, 5) is 7.77. The minimum Gasteiger partial charge on any atom is -0.508 e. The van der Waals surface area contributed by atoms with E-state index in [-0.39, 0.29) is 11.9 Å². The maximum absolute atomic E-state index is 9.51. The van der Waals surface area contributed by atoms with Crippen LogP contribution in [0.15, 0.2) is 12.1 Å². The lowest BCUT2D eigenvalue weighted by Gasteiger charge is -2.03. The molecule has 1 aliphatic rings. The summed E-state index contributed by atoms with van der Waals surface area (Å²) >= 11 is 0. The van der Waals surface area contributed by atoms with Gasteiger partial charge in [-0.25, -0.2) is 4.98 Å². The van der Waals surface area contributed by atoms with Gasteiger partial charge in [0.25, 0.3) is 0 Å². The Morgan fingerprint density at radius 3 is 3.12 bits per heavy atom. The maximum atomic E-state index is 9.51. The summed E-state index contributed by atoms with van der Waals surface area (Å²) in [5, 5.41) is 9.51. The van der Waals surface area contributed by atoms with Crippen molar-refractivity contribution in [2.75, 3.05) is 6.61 Å². The Labute approximate surface area is 93.3 Å². The van der Waals surface area contributed by atoms with E-state index in [9.17, 15) is 5.11 Å². The van der Waals surface area contributed by atoms with Gasteiger partial charge in [-0.3, -0.25) is 0 Å². The number of aromatic nitrogens is 2. The van der Waals surface area contributed by atoms with E-state index in [0.717, 1.165) is 41.9 Å². The summed E-state index contributed by atoms with van der Waals surface area (Å²) in [6.45, 7) is 2.76. The fraction of sp³-hybridized carbons (Fsp3) is 0.417. The van der Waals surface area contributed by atoms with Crippen LogP contribution >= 0.6 is 0 Å². The molecular weight excluding hydrogens is 204 g/mol. The standard InChI is InChI=1S/C12H14N2O2/c1-7-5-8(15)6-9-11(7)14-12(13-9)10-3-2-4-16-10/h5-6,10,15H,2-4H2,1H3,(H,13,14). The van der Waals surface area contributed by atoms with Crippen molar-refractivity contribution in [1.82, 2.24) is 9.97 Å². The molecule has 1 saturated heterocycles. The van der Waals surface area contributed by atoms with E-state index in [4.69, 9.17) is 4.74 Å². The topological polar surface area (TPSA) is 58.1 Å². The van der Waals surface area contributed by atoms with Crippen LogP contribution in [0, 0.1) is 6.92 Å². The highest BCUT2D eigenvalue weighted by Gasteiger charge is 2.21. The van der Waals surface area contributed by atoms with Gasteiger partial charge in [0.15, 0.2) is 0 Å². The fourth-order valence-corrected chi connectivity index (χ4v) is 2.24. The second-order valence-electron chi connectivity index (χ2n) is 4.28. The van der Waals surface area contributed by atoms with Crippen molar-refractivity contribution in [3.63, 3.8) is 0 Å². The second-order valence-corrected chi connectivity index (χ2v) is 4.28. The van der Waals surface area contributed by atoms with E-state index in [1.54, 1.807) is 12.1 Å². The third kappa shape index (κ3) is 1.46. The molecule has 1 aromatic heterocycles. The van der Waals surface area contributed by atoms with Crippen LogP contribution in [0.25, 0.3) is 11.0 Å². The number of ether oxygens (including phenoxy) is 1. The molecule has 0 aliphatic carbocycles. The van der Waals surface area contributed by atoms with Crippen molar-refractivity contribution in [1.29, 1.82) is 0 Å². The third-order valence-electron chi connectivity index (χ3n) is 3.01. The molecular formula is C12H14N2O2. The molecule has 0 amide bonds. The normalized spacial score (nSPS) is 20.7. The largest absolute Gasteiger partial charge is 0.508 e. The number of hydrogen-bond acceptors (Lipinski definition) is 3. The Balaban J connectivity index is 2.11. The summed E-state index contributed by atoms with van der Waals surface area (Å²) in [5.41, 5.74) is 2.78. The number of phenolic OH excluding ortho intramolecular Hbond substituents is 1. The number of imidazole rings is 1. The van der Waals surface area contributed by atoms with Crippen LogP contribution in [0.5, 0.6) is 5.75 Å². The van der Waals surface area contributed by atoms with Crippen LogP contribution < -0.4 is 0 Å². The van der Waals surface area contributed by atoms with Crippen molar-refractivity contribution >= 4 is 11.0 Å². The number of H-pyrrole nitrogens is 1. The first-order chi connectivity index (χ1) is 7.74. The maximum Gasteiger partial charge on any atom is 0.136 e. The van der Waals surface area contributed by atoms with Gasteiger partial charge < -0.3 is 14.8 Å². The predicted octanol–water partition coefficient (Wildman–Crippen LogP) is 2.43. The average Bonchev–Trinajstić information content (AvgIpc) is 2.82. The van der Waals surface area contributed by atoms with E-state index in [1.807, 2.05) is 6.92 Å². The first kappa shape index (κ1) is 9.66. The molecule has 16 heavy (non-hydrogen) atoms. The molecule has 84 valence electrons. The van der Waals surface area contributed by atoms with Gasteiger partial charge in [-0.2, -0.15) is 0 Å². The smallest absolute Gasteiger partial charge is 0.136 e. The molecule has 1 unspecified atom stereocenters. The number of phenols is 1. The zero-order valence-corrected chi connectivity index (χ0v) is 9.16. The minimum absolute atomic E-state index is 0.0916. The molecule has 0 spiro atoms. The molecule has 0 saturated carbocycles. The number of nitrogens with one attached hydrogen (secondary N) is 1. The fourth-order valence-electron chi connectivity index (χ4n) is 2.24. The van der Waals surface area contributed by atoms with E-state index in [0.29, 0.717) is 0 Å². The first-order valence-corrected chi connectivity index (χ1v) is 5.55. The zero-order chi connectivity index (χ0) is 11.1. The number of aromatic amines is 1. The van der Waals surface area contributed by atoms with Gasteiger partial charge in [0, 0.05) is 12.7 Å². The van der Waals surface area contributed by atoms with E-state index >= 15 is 0 Å². The van der Waals surface area contributed by atoms with Crippen molar-refractivity contribution < 1.29 is 9.84 Å². The van der Waals surface area contributed by atoms with Gasteiger partial charge in [0.1, 0.15) is 17.7 Å². The van der Waals surface area contributed by atoms with E-state index < -0.39 is 0 Å². The van der Waals surface area contributed by atoms with Crippen LogP contribution in [-0.4, -0.2) is 21.7 Å². The molecule has 1 aliphatic heterocycles. The Bertz CT molecular complexity index is 527. The van der Waals surface area contributed by atoms with E-state index in [1.165, 1.54) is 0 Å². The molecule has 2 N–H and O–H groups in total. The van der Waals surface area contributed by atoms with Crippen molar-refractivity contribution in [2.45, 2.75) is 25.9 Å². The van der Waals surface area contributed by atoms with Gasteiger partial charge in [-0.1, -0.05) is 0 Å². The van der Waals surface area contributed by atoms with E-state index in [2.05, 4.69) is 9.97 Å². The highest BCUT2D eigenvalue weighted by molar-refractivity contribution is 5.80. The molecule has 2 aromatic rings. The van der Waals surface area contributed by atoms with Crippen LogP contribution in [0.4, 0.5) is 0 Å². The number of benzene rings is 1. The van der Waals surface area contributed by atoms with Gasteiger partial charge in [-0.05, 0) is 31.4 Å². The SMILES string of the molecule is Cc1cc(O)cc2[nH]c(C3CCCO3)nc12. The quantitative estimate of drug-likeness (QED) is 0.772. The number of aryl methyl sites for hydroxylation is 1. The summed E-state index contributed by atoms with van der Waals surface area (Å²) in [5.74, 6) is 1.15. The number of nitrogens with zero attached hydrogens (tertiary/aromatic N) is 1. The average molecular weight is 218 g/mol. The molecule has 3 rings (SSSR count). The third-order valence-corrected chi connectivity index (χ3v) is 3.01. The number of rotatable bonds is 1. The van der Waals surface area contributed by atoms with Crippen molar-refractivity contribution in [2.24, 2.45) is 0 Å². The van der Waals surface area contributed by atoms with Crippen molar-refractivity contribution in [3.8, 4) is 5.75 Å². The molecule has 1 aromatic carbocycles. The van der Waals surface area contributed by atoms with Crippen LogP contribution in [-0.2, 0) is 4.74 Å². The molecule has 1 atom stereocenters. The summed E-state index contributed by atoms with van der Waals surface area (Å²) in [6.07, 6.45) is 2.20.